The van der Waals surface area contributed by atoms with Gasteiger partial charge in [0.2, 0.25) is 5.43 Å². The third-order valence-corrected chi connectivity index (χ3v) is 6.73. The topological polar surface area (TPSA) is 195 Å². The minimum atomic E-state index is -1.02. The molecule has 240 valence electrons. The molecule has 1 heterocycles. The second-order valence-electron chi connectivity index (χ2n) is 11.0. The molecule has 44 heavy (non-hydrogen) atoms. The van der Waals surface area contributed by atoms with Crippen molar-refractivity contribution >= 4 is 27.9 Å². The molecule has 0 amide bonds. The number of phenolic OH excluding ortho intramolecular Hbond substituents is 1. The van der Waals surface area contributed by atoms with Crippen molar-refractivity contribution in [2.24, 2.45) is 16.5 Å². The molecule has 0 radical (unpaired) electrons. The molecule has 2 aromatic carbocycles. The summed E-state index contributed by atoms with van der Waals surface area (Å²) in [6, 6.07) is 3.06. The van der Waals surface area contributed by atoms with Crippen LogP contribution in [0.3, 0.4) is 0 Å². The number of fused-ring (bicyclic) bond motifs is 2. The van der Waals surface area contributed by atoms with Gasteiger partial charge in [-0.05, 0) is 47.6 Å². The summed E-state index contributed by atoms with van der Waals surface area (Å²) in [6.07, 6.45) is 2.63. The van der Waals surface area contributed by atoms with Crippen molar-refractivity contribution in [3.05, 3.63) is 56.8 Å². The minimum absolute atomic E-state index is 0.000363. The van der Waals surface area contributed by atoms with Gasteiger partial charge in [-0.2, -0.15) is 0 Å². The van der Waals surface area contributed by atoms with Gasteiger partial charge in [0.05, 0.1) is 19.0 Å². The summed E-state index contributed by atoms with van der Waals surface area (Å²) in [5, 5.41) is 35.2. The maximum absolute atomic E-state index is 14.2. The largest absolute Gasteiger partial charge is 0.507 e. The van der Waals surface area contributed by atoms with Crippen LogP contribution in [0.4, 0.5) is 0 Å². The second-order valence-corrected chi connectivity index (χ2v) is 11.0. The number of nitrogens with two attached hydrogens (primary N) is 2. The molecule has 12 heteroatoms. The lowest BCUT2D eigenvalue weighted by Crippen LogP contribution is -2.29. The van der Waals surface area contributed by atoms with E-state index in [1.165, 1.54) is 13.2 Å². The minimum Gasteiger partial charge on any atom is -0.507 e. The Morgan fingerprint density at radius 2 is 1.52 bits per heavy atom. The first kappa shape index (κ1) is 34.2. The highest BCUT2D eigenvalue weighted by molar-refractivity contribution is 5.98. The monoisotopic (exact) mass is 612 g/mol. The van der Waals surface area contributed by atoms with Crippen molar-refractivity contribution in [2.75, 3.05) is 40.5 Å². The first-order chi connectivity index (χ1) is 20.9. The van der Waals surface area contributed by atoms with Crippen molar-refractivity contribution in [1.82, 2.24) is 5.32 Å². The van der Waals surface area contributed by atoms with E-state index in [9.17, 15) is 20.1 Å². The number of phenols is 1. The van der Waals surface area contributed by atoms with Crippen LogP contribution >= 0.6 is 0 Å². The number of hydrogen-bond donors (Lipinski definition) is 6. The summed E-state index contributed by atoms with van der Waals surface area (Å²) in [7, 11) is 3.17. The zero-order valence-electron chi connectivity index (χ0n) is 26.2. The maximum atomic E-state index is 14.2. The molecule has 8 N–H and O–H groups in total. The summed E-state index contributed by atoms with van der Waals surface area (Å²) in [5.74, 6) is 0.391. The van der Waals surface area contributed by atoms with Gasteiger partial charge in [0.15, 0.2) is 17.5 Å². The number of hydrogen-bond acceptors (Lipinski definition) is 10. The van der Waals surface area contributed by atoms with E-state index in [1.807, 2.05) is 39.8 Å². The van der Waals surface area contributed by atoms with Gasteiger partial charge in [-0.1, -0.05) is 23.3 Å². The van der Waals surface area contributed by atoms with Crippen LogP contribution < -0.4 is 36.4 Å². The molecule has 0 fully saturated rings. The van der Waals surface area contributed by atoms with E-state index in [0.29, 0.717) is 36.3 Å². The Morgan fingerprint density at radius 3 is 2.11 bits per heavy atom. The highest BCUT2D eigenvalue weighted by Crippen LogP contribution is 2.41. The SMILES string of the molecule is CNCC(O)COc1cc2oc3cc(OCC(O)CN=C(N)N)c(OC)c(CC=C(C)C)c3c(=O)c2c(O)c1CC=C(C)C. The van der Waals surface area contributed by atoms with Crippen LogP contribution in [0.2, 0.25) is 0 Å². The molecule has 3 aromatic rings. The molecule has 0 spiro atoms. The Morgan fingerprint density at radius 1 is 0.955 bits per heavy atom. The molecule has 2 atom stereocenters. The van der Waals surface area contributed by atoms with Gasteiger partial charge in [-0.15, -0.1) is 0 Å². The lowest BCUT2D eigenvalue weighted by Gasteiger charge is -2.19. The Balaban J connectivity index is 2.30. The van der Waals surface area contributed by atoms with Crippen LogP contribution in [-0.4, -0.2) is 73.9 Å². The van der Waals surface area contributed by atoms with Crippen LogP contribution in [0.5, 0.6) is 23.0 Å². The molecule has 1 aromatic heterocycles. The lowest BCUT2D eigenvalue weighted by molar-refractivity contribution is 0.107. The van der Waals surface area contributed by atoms with Crippen LogP contribution in [0.25, 0.3) is 21.9 Å². The van der Waals surface area contributed by atoms with Crippen LogP contribution in [0.1, 0.15) is 38.8 Å². The summed E-state index contributed by atoms with van der Waals surface area (Å²) in [4.78, 5) is 18.0. The molecule has 0 aliphatic heterocycles. The molecule has 0 aliphatic rings. The number of methoxy groups -OCH3 is 1. The van der Waals surface area contributed by atoms with Crippen molar-refractivity contribution in [2.45, 2.75) is 52.7 Å². The van der Waals surface area contributed by atoms with Crippen LogP contribution in [0.15, 0.2) is 49.6 Å². The number of nitrogens with zero attached hydrogens (tertiary/aromatic N) is 1. The van der Waals surface area contributed by atoms with Crippen molar-refractivity contribution in [3.8, 4) is 23.0 Å². The fourth-order valence-electron chi connectivity index (χ4n) is 4.60. The second kappa shape index (κ2) is 15.5. The van der Waals surface area contributed by atoms with Gasteiger partial charge < -0.3 is 50.7 Å². The standard InChI is InChI=1S/C32H44N4O8/c1-17(2)7-9-21-23(42-15-19(37)13-35-5)11-25-28(29(21)39)30(40)27-22(10-8-18(3)4)31(41-6)26(12-24(27)44-25)43-16-20(38)14-36-32(33)34/h7-8,11-12,19-20,35,37-39H,9-10,13-16H2,1-6H3,(H4,33,34,36). The molecule has 12 nitrogen and oxygen atoms in total. The summed E-state index contributed by atoms with van der Waals surface area (Å²) < 4.78 is 23.8. The van der Waals surface area contributed by atoms with Gasteiger partial charge in [-0.25, -0.2) is 0 Å². The number of aromatic hydroxyl groups is 1. The Kier molecular flexibility index (Phi) is 12.0. The summed E-state index contributed by atoms with van der Waals surface area (Å²) in [6.45, 7) is 7.75. The van der Waals surface area contributed by atoms with Crippen molar-refractivity contribution < 1.29 is 33.9 Å². The number of allylic oxidation sites excluding steroid dienone is 4. The fraction of sp³-hybridized carbons (Fsp3) is 0.438. The molecule has 0 bridgehead atoms. The first-order valence-corrected chi connectivity index (χ1v) is 14.3. The van der Waals surface area contributed by atoms with Crippen LogP contribution in [-0.2, 0) is 12.8 Å². The Bertz CT molecular complexity index is 1610. The number of nitrogens with one attached hydrogen (secondary N) is 1. The first-order valence-electron chi connectivity index (χ1n) is 14.3. The molecule has 0 saturated carbocycles. The van der Waals surface area contributed by atoms with Crippen molar-refractivity contribution in [1.29, 1.82) is 0 Å². The quantitative estimate of drug-likeness (QED) is 0.0639. The van der Waals surface area contributed by atoms with Gasteiger partial charge in [0, 0.05) is 29.8 Å². The molecule has 2 unspecified atom stereocenters. The number of guanidine groups is 1. The highest BCUT2D eigenvalue weighted by atomic mass is 16.5. The number of rotatable bonds is 15. The van der Waals surface area contributed by atoms with Gasteiger partial charge in [0.1, 0.15) is 53.5 Å². The predicted molar refractivity (Wildman–Crippen MR) is 172 cm³/mol. The highest BCUT2D eigenvalue weighted by Gasteiger charge is 2.25. The van der Waals surface area contributed by atoms with E-state index in [4.69, 9.17) is 30.1 Å². The zero-order valence-corrected chi connectivity index (χ0v) is 26.2. The number of ether oxygens (including phenoxy) is 3. The number of benzene rings is 2. The van der Waals surface area contributed by atoms with Gasteiger partial charge >= 0.3 is 0 Å². The lowest BCUT2D eigenvalue weighted by atomic mass is 9.98. The summed E-state index contributed by atoms with van der Waals surface area (Å²) in [5.41, 5.74) is 13.5. The Labute approximate surface area is 256 Å². The van der Waals surface area contributed by atoms with Crippen molar-refractivity contribution in [3.63, 3.8) is 0 Å². The third-order valence-electron chi connectivity index (χ3n) is 6.73. The Hall–Kier alpha value is -4.26. The predicted octanol–water partition coefficient (Wildman–Crippen LogP) is 2.65. The zero-order chi connectivity index (χ0) is 32.6. The number of likely N-dealkylation sites (N-methyl/N-ethyl adjacent to an activating group) is 1. The molecule has 3 rings (SSSR count). The fourth-order valence-corrected chi connectivity index (χ4v) is 4.60. The van der Waals surface area contributed by atoms with E-state index >= 15 is 0 Å². The van der Waals surface area contributed by atoms with E-state index < -0.39 is 17.6 Å². The molecule has 0 saturated heterocycles. The average molecular weight is 613 g/mol. The van der Waals surface area contributed by atoms with E-state index in [-0.39, 0.29) is 64.9 Å². The van der Waals surface area contributed by atoms with E-state index in [0.717, 1.165) is 11.1 Å². The van der Waals surface area contributed by atoms with E-state index in [1.54, 1.807) is 13.1 Å². The maximum Gasteiger partial charge on any atom is 0.204 e. The molecule has 0 aliphatic carbocycles. The van der Waals surface area contributed by atoms with Gasteiger partial charge in [0.25, 0.3) is 0 Å². The van der Waals surface area contributed by atoms with Gasteiger partial charge in [-0.3, -0.25) is 9.79 Å². The van der Waals surface area contributed by atoms with Crippen LogP contribution in [0, 0.1) is 0 Å². The molecular formula is C32H44N4O8. The number of aliphatic imine (C=N–C) groups is 1. The normalized spacial score (nSPS) is 12.5. The van der Waals surface area contributed by atoms with E-state index in [2.05, 4.69) is 10.3 Å². The average Bonchev–Trinajstić information content (AvgIpc) is 2.95. The number of aliphatic hydroxyl groups is 2. The number of aliphatic hydroxyl groups excluding tert-OH is 2. The third kappa shape index (κ3) is 8.43. The molecular weight excluding hydrogens is 568 g/mol. The summed E-state index contributed by atoms with van der Waals surface area (Å²) >= 11 is 0. The smallest absolute Gasteiger partial charge is 0.204 e.